The number of H-pyrrole nitrogens is 1. The van der Waals surface area contributed by atoms with Crippen LogP contribution in [0, 0.1) is 12.7 Å². The number of hydrogen-bond acceptors (Lipinski definition) is 5. The van der Waals surface area contributed by atoms with Crippen LogP contribution in [-0.4, -0.2) is 50.0 Å². The molecule has 2 N–H and O–H groups in total. The van der Waals surface area contributed by atoms with E-state index in [0.29, 0.717) is 30.3 Å². The highest BCUT2D eigenvalue weighted by molar-refractivity contribution is 6.04. The predicted molar refractivity (Wildman–Crippen MR) is 120 cm³/mol. The lowest BCUT2D eigenvalue weighted by atomic mass is 9.95. The third-order valence-electron chi connectivity index (χ3n) is 6.46. The minimum Gasteiger partial charge on any atom is -0.336 e. The van der Waals surface area contributed by atoms with E-state index in [1.54, 1.807) is 19.1 Å². The van der Waals surface area contributed by atoms with Crippen molar-refractivity contribution >= 4 is 17.5 Å². The average molecular weight is 449 g/mol. The molecular weight excluding hydrogens is 423 g/mol. The molecule has 2 amide bonds. The Morgan fingerprint density at radius 1 is 1.21 bits per heavy atom. The summed E-state index contributed by atoms with van der Waals surface area (Å²) in [6.07, 6.45) is 6.27. The average Bonchev–Trinajstić information content (AvgIpc) is 3.48. The number of halogens is 1. The van der Waals surface area contributed by atoms with Crippen LogP contribution in [0.2, 0.25) is 0 Å². The van der Waals surface area contributed by atoms with Crippen molar-refractivity contribution in [3.8, 4) is 0 Å². The molecule has 0 radical (unpaired) electrons. The molecule has 1 aliphatic heterocycles. The van der Waals surface area contributed by atoms with Gasteiger partial charge in [-0.25, -0.2) is 14.4 Å². The second-order valence-electron chi connectivity index (χ2n) is 8.63. The van der Waals surface area contributed by atoms with Gasteiger partial charge < -0.3 is 10.2 Å². The van der Waals surface area contributed by atoms with E-state index in [2.05, 4.69) is 25.5 Å². The smallest absolute Gasteiger partial charge is 0.274 e. The van der Waals surface area contributed by atoms with Crippen LogP contribution in [0.3, 0.4) is 0 Å². The van der Waals surface area contributed by atoms with Crippen molar-refractivity contribution in [2.45, 2.75) is 44.9 Å². The molecule has 5 rings (SSSR count). The van der Waals surface area contributed by atoms with Gasteiger partial charge in [-0.05, 0) is 51.2 Å². The van der Waals surface area contributed by atoms with E-state index in [9.17, 15) is 14.0 Å². The Balaban J connectivity index is 1.27. The normalized spacial score (nSPS) is 17.6. The van der Waals surface area contributed by atoms with E-state index in [4.69, 9.17) is 0 Å². The Labute approximate surface area is 190 Å². The van der Waals surface area contributed by atoms with Gasteiger partial charge in [0, 0.05) is 36.5 Å². The van der Waals surface area contributed by atoms with Gasteiger partial charge in [0.1, 0.15) is 11.6 Å². The lowest BCUT2D eigenvalue weighted by molar-refractivity contribution is 0.0783. The number of amides is 2. The van der Waals surface area contributed by atoms with E-state index >= 15 is 0 Å². The summed E-state index contributed by atoms with van der Waals surface area (Å²) in [4.78, 5) is 36.4. The largest absolute Gasteiger partial charge is 0.336 e. The molecule has 1 aromatic carbocycles. The first kappa shape index (κ1) is 21.2. The first-order chi connectivity index (χ1) is 16.0. The van der Waals surface area contributed by atoms with Crippen LogP contribution < -0.4 is 5.32 Å². The number of aromatic nitrogens is 4. The number of carbonyl (C=O) groups is 2. The molecule has 2 aromatic heterocycles. The SMILES string of the molecule is Cc1nc(C2CCN(C(=O)c3n[nH]c4c3CCCC4)C2)ncc1C(=O)Nc1ccccc1F. The third kappa shape index (κ3) is 4.10. The second kappa shape index (κ2) is 8.73. The Hall–Kier alpha value is -3.62. The van der Waals surface area contributed by atoms with Gasteiger partial charge >= 0.3 is 0 Å². The van der Waals surface area contributed by atoms with Crippen molar-refractivity contribution in [3.05, 3.63) is 70.3 Å². The molecule has 33 heavy (non-hydrogen) atoms. The molecule has 1 saturated heterocycles. The van der Waals surface area contributed by atoms with Crippen LogP contribution in [0.4, 0.5) is 10.1 Å². The number of aryl methyl sites for hydroxylation is 2. The van der Waals surface area contributed by atoms with E-state index in [1.165, 1.54) is 18.3 Å². The highest BCUT2D eigenvalue weighted by Crippen LogP contribution is 2.29. The Bertz CT molecular complexity index is 1220. The number of nitrogens with zero attached hydrogens (tertiary/aromatic N) is 4. The van der Waals surface area contributed by atoms with Crippen LogP contribution in [0.15, 0.2) is 30.5 Å². The number of rotatable bonds is 4. The Kier molecular flexibility index (Phi) is 5.62. The van der Waals surface area contributed by atoms with Gasteiger partial charge in [0.05, 0.1) is 16.9 Å². The van der Waals surface area contributed by atoms with E-state index in [0.717, 1.165) is 43.4 Å². The van der Waals surface area contributed by atoms with Crippen molar-refractivity contribution < 1.29 is 14.0 Å². The minimum absolute atomic E-state index is 0.00824. The predicted octanol–water partition coefficient (Wildman–Crippen LogP) is 3.41. The third-order valence-corrected chi connectivity index (χ3v) is 6.46. The van der Waals surface area contributed by atoms with Crippen LogP contribution in [-0.2, 0) is 12.8 Å². The van der Waals surface area contributed by atoms with E-state index in [-0.39, 0.29) is 23.1 Å². The van der Waals surface area contributed by atoms with Gasteiger partial charge in [-0.3, -0.25) is 14.7 Å². The molecule has 1 atom stereocenters. The number of likely N-dealkylation sites (tertiary alicyclic amines) is 1. The molecule has 170 valence electrons. The molecule has 0 spiro atoms. The second-order valence-corrected chi connectivity index (χ2v) is 8.63. The van der Waals surface area contributed by atoms with Crippen molar-refractivity contribution in [1.82, 2.24) is 25.1 Å². The number of hydrogen-bond donors (Lipinski definition) is 2. The van der Waals surface area contributed by atoms with Gasteiger partial charge in [0.15, 0.2) is 5.69 Å². The molecule has 9 heteroatoms. The number of nitrogens with one attached hydrogen (secondary N) is 2. The number of anilines is 1. The van der Waals surface area contributed by atoms with Crippen LogP contribution in [0.5, 0.6) is 0 Å². The fraction of sp³-hybridized carbons (Fsp3) is 0.375. The number of para-hydroxylation sites is 1. The number of aromatic amines is 1. The highest BCUT2D eigenvalue weighted by atomic mass is 19.1. The van der Waals surface area contributed by atoms with Gasteiger partial charge in [-0.15, -0.1) is 0 Å². The zero-order valence-corrected chi connectivity index (χ0v) is 18.4. The quantitative estimate of drug-likeness (QED) is 0.637. The maximum Gasteiger partial charge on any atom is 0.274 e. The van der Waals surface area contributed by atoms with Crippen molar-refractivity contribution in [2.24, 2.45) is 0 Å². The van der Waals surface area contributed by atoms with Crippen LogP contribution in [0.1, 0.15) is 68.8 Å². The van der Waals surface area contributed by atoms with E-state index in [1.807, 2.05) is 4.90 Å². The Morgan fingerprint density at radius 2 is 2.03 bits per heavy atom. The molecule has 3 heterocycles. The summed E-state index contributed by atoms with van der Waals surface area (Å²) in [7, 11) is 0. The summed E-state index contributed by atoms with van der Waals surface area (Å²) in [6, 6.07) is 5.99. The first-order valence-corrected chi connectivity index (χ1v) is 11.3. The van der Waals surface area contributed by atoms with Crippen LogP contribution in [0.25, 0.3) is 0 Å². The molecular formula is C24H25FN6O2. The summed E-state index contributed by atoms with van der Waals surface area (Å²) < 4.78 is 13.8. The summed E-state index contributed by atoms with van der Waals surface area (Å²) >= 11 is 0. The molecule has 1 aliphatic carbocycles. The summed E-state index contributed by atoms with van der Waals surface area (Å²) in [5.74, 6) is -0.416. The number of benzene rings is 1. The van der Waals surface area contributed by atoms with Crippen LogP contribution >= 0.6 is 0 Å². The van der Waals surface area contributed by atoms with Crippen molar-refractivity contribution in [3.63, 3.8) is 0 Å². The number of fused-ring (bicyclic) bond motifs is 1. The fourth-order valence-electron chi connectivity index (χ4n) is 4.62. The topological polar surface area (TPSA) is 104 Å². The lowest BCUT2D eigenvalue weighted by Gasteiger charge is -2.17. The molecule has 0 saturated carbocycles. The van der Waals surface area contributed by atoms with Gasteiger partial charge in [0.2, 0.25) is 0 Å². The number of carbonyl (C=O) groups excluding carboxylic acids is 2. The molecule has 0 bridgehead atoms. The van der Waals surface area contributed by atoms with Gasteiger partial charge in [-0.2, -0.15) is 5.10 Å². The van der Waals surface area contributed by atoms with Crippen molar-refractivity contribution in [2.75, 3.05) is 18.4 Å². The zero-order chi connectivity index (χ0) is 22.9. The van der Waals surface area contributed by atoms with Gasteiger partial charge in [-0.1, -0.05) is 12.1 Å². The first-order valence-electron chi connectivity index (χ1n) is 11.3. The summed E-state index contributed by atoms with van der Waals surface area (Å²) in [5, 5.41) is 9.90. The zero-order valence-electron chi connectivity index (χ0n) is 18.4. The standard InChI is InChI=1S/C24H25FN6O2/c1-14-17(23(32)28-20-9-5-3-7-18(20)25)12-26-22(27-14)15-10-11-31(13-15)24(33)21-16-6-2-4-8-19(16)29-30-21/h3,5,7,9,12,15H,2,4,6,8,10-11,13H2,1H3,(H,28,32)(H,29,30). The maximum absolute atomic E-state index is 13.8. The monoisotopic (exact) mass is 448 g/mol. The molecule has 2 aliphatic rings. The summed E-state index contributed by atoms with van der Waals surface area (Å²) in [6.45, 7) is 2.86. The maximum atomic E-state index is 13.8. The fourth-order valence-corrected chi connectivity index (χ4v) is 4.62. The molecule has 8 nitrogen and oxygen atoms in total. The van der Waals surface area contributed by atoms with E-state index < -0.39 is 11.7 Å². The molecule has 3 aromatic rings. The molecule has 1 unspecified atom stereocenters. The minimum atomic E-state index is -0.505. The molecule has 1 fully saturated rings. The Morgan fingerprint density at radius 3 is 2.85 bits per heavy atom. The van der Waals surface area contributed by atoms with Crippen molar-refractivity contribution in [1.29, 1.82) is 0 Å². The summed E-state index contributed by atoms with van der Waals surface area (Å²) in [5.41, 5.74) is 3.60. The lowest BCUT2D eigenvalue weighted by Crippen LogP contribution is -2.30. The van der Waals surface area contributed by atoms with Gasteiger partial charge in [0.25, 0.3) is 11.8 Å². The highest BCUT2D eigenvalue weighted by Gasteiger charge is 2.33.